The molecule has 2 heterocycles. The molecule has 1 aromatic carbocycles. The van der Waals surface area contributed by atoms with Crippen LogP contribution in [0, 0.1) is 0 Å². The summed E-state index contributed by atoms with van der Waals surface area (Å²) >= 11 is 0. The fourth-order valence-corrected chi connectivity index (χ4v) is 4.28. The van der Waals surface area contributed by atoms with Gasteiger partial charge in [0.2, 0.25) is 0 Å². The lowest BCUT2D eigenvalue weighted by molar-refractivity contribution is 0.200. The summed E-state index contributed by atoms with van der Waals surface area (Å²) in [5.74, 6) is 1.41. The topological polar surface area (TPSA) is 47.3 Å². The third kappa shape index (κ3) is 3.72. The van der Waals surface area contributed by atoms with E-state index in [-0.39, 0.29) is 6.61 Å². The van der Waals surface area contributed by atoms with Crippen LogP contribution >= 0.6 is 0 Å². The zero-order valence-corrected chi connectivity index (χ0v) is 16.0. The van der Waals surface area contributed by atoms with Gasteiger partial charge in [0.05, 0.1) is 5.69 Å². The second-order valence-electron chi connectivity index (χ2n) is 7.51. The van der Waals surface area contributed by atoms with Crippen molar-refractivity contribution in [1.29, 1.82) is 0 Å². The third-order valence-electron chi connectivity index (χ3n) is 5.70. The largest absolute Gasteiger partial charge is 0.396 e. The van der Waals surface area contributed by atoms with E-state index in [2.05, 4.69) is 24.0 Å². The molecule has 1 aliphatic rings. The second kappa shape index (κ2) is 8.13. The first-order valence-electron chi connectivity index (χ1n) is 10.2. The molecule has 1 fully saturated rings. The van der Waals surface area contributed by atoms with Crippen molar-refractivity contribution in [2.75, 3.05) is 6.61 Å². The van der Waals surface area contributed by atoms with E-state index in [0.717, 1.165) is 28.5 Å². The normalized spacial score (nSPS) is 15.3. The van der Waals surface area contributed by atoms with Gasteiger partial charge in [0.15, 0.2) is 5.75 Å². The molecular weight excluding hydrogens is 336 g/mol. The summed E-state index contributed by atoms with van der Waals surface area (Å²) in [4.78, 5) is 10.8. The molecule has 0 bridgehead atoms. The van der Waals surface area contributed by atoms with Crippen LogP contribution in [0.25, 0.3) is 10.8 Å². The van der Waals surface area contributed by atoms with Crippen LogP contribution in [0.4, 0.5) is 0 Å². The van der Waals surface area contributed by atoms with Crippen LogP contribution in [-0.4, -0.2) is 21.4 Å². The number of hydrogen-bond acceptors (Lipinski definition) is 3. The molecule has 4 nitrogen and oxygen atoms in total. The molecule has 1 N–H and O–H groups in total. The van der Waals surface area contributed by atoms with E-state index in [9.17, 15) is 5.11 Å². The van der Waals surface area contributed by atoms with Crippen molar-refractivity contribution in [2.45, 2.75) is 57.8 Å². The zero-order valence-electron chi connectivity index (χ0n) is 16.0. The molecule has 1 saturated carbocycles. The third-order valence-corrected chi connectivity index (χ3v) is 5.70. The number of benzene rings is 1. The molecule has 1 aliphatic carbocycles. The van der Waals surface area contributed by atoms with Gasteiger partial charge in [-0.05, 0) is 48.9 Å². The lowest BCUT2D eigenvalue weighted by atomic mass is 9.87. The number of aromatic nitrogens is 2. The van der Waals surface area contributed by atoms with Gasteiger partial charge in [-0.1, -0.05) is 38.3 Å². The molecular formula is C23H28N2O2. The van der Waals surface area contributed by atoms with Crippen molar-refractivity contribution < 1.29 is 9.94 Å². The average Bonchev–Trinajstić information content (AvgIpc) is 3.11. The van der Waals surface area contributed by atoms with Crippen LogP contribution in [0.15, 0.2) is 42.9 Å². The van der Waals surface area contributed by atoms with Gasteiger partial charge in [0, 0.05) is 41.9 Å². The first-order chi connectivity index (χ1) is 13.3. The predicted octanol–water partition coefficient (Wildman–Crippen LogP) is 5.02. The Hall–Kier alpha value is -2.33. The van der Waals surface area contributed by atoms with Gasteiger partial charge in [-0.2, -0.15) is 4.73 Å². The van der Waals surface area contributed by atoms with Crippen molar-refractivity contribution >= 4 is 10.8 Å². The number of fused-ring (bicyclic) bond motifs is 1. The Morgan fingerprint density at radius 1 is 1.19 bits per heavy atom. The highest BCUT2D eigenvalue weighted by Crippen LogP contribution is 2.35. The van der Waals surface area contributed by atoms with Crippen molar-refractivity contribution in [2.24, 2.45) is 0 Å². The van der Waals surface area contributed by atoms with Crippen molar-refractivity contribution in [3.63, 3.8) is 0 Å². The maximum absolute atomic E-state index is 9.37. The minimum Gasteiger partial charge on any atom is -0.396 e. The van der Waals surface area contributed by atoms with Crippen LogP contribution in [0.1, 0.15) is 61.8 Å². The van der Waals surface area contributed by atoms with Gasteiger partial charge in [-0.3, -0.25) is 4.98 Å². The van der Waals surface area contributed by atoms with Crippen LogP contribution in [0.2, 0.25) is 0 Å². The minimum atomic E-state index is 0.161. The Bertz CT molecular complexity index is 905. The van der Waals surface area contributed by atoms with Crippen LogP contribution in [-0.2, 0) is 12.8 Å². The fraction of sp³-hybridized carbons (Fsp3) is 0.435. The quantitative estimate of drug-likeness (QED) is 0.668. The van der Waals surface area contributed by atoms with Gasteiger partial charge in [0.1, 0.15) is 0 Å². The molecule has 4 rings (SSSR count). The Morgan fingerprint density at radius 2 is 2.04 bits per heavy atom. The Balaban J connectivity index is 1.75. The molecule has 27 heavy (non-hydrogen) atoms. The first-order valence-corrected chi connectivity index (χ1v) is 10.2. The lowest BCUT2D eigenvalue weighted by Gasteiger charge is -2.23. The van der Waals surface area contributed by atoms with Crippen LogP contribution in [0.3, 0.4) is 0 Å². The van der Waals surface area contributed by atoms with E-state index in [4.69, 9.17) is 4.84 Å². The average molecular weight is 364 g/mol. The standard InChI is InChI=1S/C23H28N2O2/c1-2-18-14-24-15-20-9-6-10-22(23(18)20)27-25-16-17(11-12-26)13-21(25)19-7-4-3-5-8-19/h6,9-10,13-16,19,26H,2-5,7-8,11-12H2,1H3. The molecule has 142 valence electrons. The first kappa shape index (κ1) is 18.1. The lowest BCUT2D eigenvalue weighted by Crippen LogP contribution is -2.14. The van der Waals surface area contributed by atoms with Gasteiger partial charge < -0.3 is 9.94 Å². The number of rotatable bonds is 6. The smallest absolute Gasteiger partial charge is 0.164 e. The zero-order chi connectivity index (χ0) is 18.6. The molecule has 0 aliphatic heterocycles. The van der Waals surface area contributed by atoms with Gasteiger partial charge >= 0.3 is 0 Å². The summed E-state index contributed by atoms with van der Waals surface area (Å²) in [6.07, 6.45) is 13.8. The summed E-state index contributed by atoms with van der Waals surface area (Å²) in [7, 11) is 0. The molecule has 3 aromatic rings. The van der Waals surface area contributed by atoms with Gasteiger partial charge in [0.25, 0.3) is 0 Å². The highest BCUT2D eigenvalue weighted by atomic mass is 16.7. The summed E-state index contributed by atoms with van der Waals surface area (Å²) in [5.41, 5.74) is 3.57. The highest BCUT2D eigenvalue weighted by molar-refractivity contribution is 5.90. The molecule has 0 amide bonds. The molecule has 2 aromatic heterocycles. The molecule has 0 radical (unpaired) electrons. The van der Waals surface area contributed by atoms with Crippen molar-refractivity contribution in [3.05, 3.63) is 59.7 Å². The number of nitrogens with zero attached hydrogens (tertiary/aromatic N) is 2. The van der Waals surface area contributed by atoms with E-state index in [1.165, 1.54) is 43.4 Å². The van der Waals surface area contributed by atoms with Crippen LogP contribution in [0.5, 0.6) is 5.75 Å². The Morgan fingerprint density at radius 3 is 2.81 bits per heavy atom. The SMILES string of the molecule is CCc1cncc2cccc(On3cc(CCO)cc3C3CCCCC3)c12. The summed E-state index contributed by atoms with van der Waals surface area (Å²) < 4.78 is 1.95. The second-order valence-corrected chi connectivity index (χ2v) is 7.51. The van der Waals surface area contributed by atoms with Crippen molar-refractivity contribution in [1.82, 2.24) is 9.71 Å². The van der Waals surface area contributed by atoms with E-state index in [1.807, 2.05) is 35.5 Å². The highest BCUT2D eigenvalue weighted by Gasteiger charge is 2.21. The molecule has 0 unspecified atom stereocenters. The number of aliphatic hydroxyl groups excluding tert-OH is 1. The van der Waals surface area contributed by atoms with E-state index < -0.39 is 0 Å². The number of aliphatic hydroxyl groups is 1. The number of pyridine rings is 1. The van der Waals surface area contributed by atoms with Crippen molar-refractivity contribution in [3.8, 4) is 5.75 Å². The van der Waals surface area contributed by atoms with E-state index >= 15 is 0 Å². The molecule has 0 spiro atoms. The maximum Gasteiger partial charge on any atom is 0.164 e. The molecule has 0 saturated heterocycles. The molecule has 4 heteroatoms. The Kier molecular flexibility index (Phi) is 5.44. The van der Waals surface area contributed by atoms with Crippen LogP contribution < -0.4 is 4.84 Å². The summed E-state index contributed by atoms with van der Waals surface area (Å²) in [6, 6.07) is 8.37. The van der Waals surface area contributed by atoms with E-state index in [0.29, 0.717) is 12.3 Å². The Labute approximate surface area is 160 Å². The predicted molar refractivity (Wildman–Crippen MR) is 108 cm³/mol. The summed E-state index contributed by atoms with van der Waals surface area (Å²) in [5, 5.41) is 11.6. The number of hydrogen-bond donors (Lipinski definition) is 1. The van der Waals surface area contributed by atoms with Gasteiger partial charge in [-0.25, -0.2) is 0 Å². The minimum absolute atomic E-state index is 0.161. The number of aryl methyl sites for hydroxylation is 1. The van der Waals surface area contributed by atoms with E-state index in [1.54, 1.807) is 0 Å². The molecule has 0 atom stereocenters. The van der Waals surface area contributed by atoms with Gasteiger partial charge in [-0.15, -0.1) is 0 Å². The monoisotopic (exact) mass is 364 g/mol. The maximum atomic E-state index is 9.37. The fourth-order valence-electron chi connectivity index (χ4n) is 4.28. The summed E-state index contributed by atoms with van der Waals surface area (Å²) in [6.45, 7) is 2.31.